The van der Waals surface area contributed by atoms with Crippen molar-refractivity contribution in [1.82, 2.24) is 9.88 Å². The van der Waals surface area contributed by atoms with Gasteiger partial charge in [-0.05, 0) is 42.8 Å². The minimum Gasteiger partial charge on any atom is -0.383 e. The number of alkyl halides is 3. The zero-order valence-corrected chi connectivity index (χ0v) is 19.3. The van der Waals surface area contributed by atoms with Crippen molar-refractivity contribution in [1.29, 1.82) is 0 Å². The number of aryl methyl sites for hydroxylation is 1. The van der Waals surface area contributed by atoms with Gasteiger partial charge in [0, 0.05) is 11.8 Å². The van der Waals surface area contributed by atoms with Crippen molar-refractivity contribution in [3.63, 3.8) is 0 Å². The molecule has 0 radical (unpaired) electrons. The molecule has 2 aliphatic rings. The average Bonchev–Trinajstić information content (AvgIpc) is 3.44. The van der Waals surface area contributed by atoms with E-state index in [1.807, 2.05) is 0 Å². The minimum atomic E-state index is -4.64. The van der Waals surface area contributed by atoms with Gasteiger partial charge in [-0.15, -0.1) is 11.3 Å². The summed E-state index contributed by atoms with van der Waals surface area (Å²) < 4.78 is 41.9. The molecule has 1 fully saturated rings. The van der Waals surface area contributed by atoms with Crippen LogP contribution in [-0.4, -0.2) is 57.2 Å². The van der Waals surface area contributed by atoms with Crippen LogP contribution >= 0.6 is 11.3 Å². The summed E-state index contributed by atoms with van der Waals surface area (Å²) in [5.74, 6) is -2.50. The topological polar surface area (TPSA) is 108 Å². The lowest BCUT2D eigenvalue weighted by Gasteiger charge is -2.33. The number of rotatable bonds is 3. The quantitative estimate of drug-likeness (QED) is 0.504. The molecule has 0 bridgehead atoms. The van der Waals surface area contributed by atoms with Gasteiger partial charge in [0.1, 0.15) is 18.4 Å². The van der Waals surface area contributed by atoms with E-state index in [9.17, 15) is 27.6 Å². The molecule has 180 valence electrons. The Morgan fingerprint density at radius 2 is 2.00 bits per heavy atom. The van der Waals surface area contributed by atoms with Crippen molar-refractivity contribution in [3.8, 4) is 0 Å². The van der Waals surface area contributed by atoms with Gasteiger partial charge in [0.2, 0.25) is 0 Å². The molecule has 2 aromatic heterocycles. The van der Waals surface area contributed by atoms with Crippen molar-refractivity contribution in [2.24, 2.45) is 5.41 Å². The molecule has 3 heterocycles. The molecule has 2 aromatic rings. The number of nitrogens with one attached hydrogen (secondary N) is 1. The number of nitrogens with zero attached hydrogens (tertiary/aromatic N) is 3. The smallest absolute Gasteiger partial charge is 0.383 e. The van der Waals surface area contributed by atoms with Crippen LogP contribution in [0.15, 0.2) is 29.8 Å². The molecular formula is C22H23F3N5O3S+. The maximum atomic E-state index is 13.6. The first kappa shape index (κ1) is 23.9. The Morgan fingerprint density at radius 3 is 2.56 bits per heavy atom. The Balaban J connectivity index is 1.61. The second-order valence-corrected chi connectivity index (χ2v) is 9.55. The number of aromatic nitrogens is 1. The lowest BCUT2D eigenvalue weighted by molar-refractivity contribution is -0.474. The first-order chi connectivity index (χ1) is 15.9. The molecule has 1 aliphatic heterocycles. The monoisotopic (exact) mass is 494 g/mol. The van der Waals surface area contributed by atoms with E-state index in [4.69, 9.17) is 5.73 Å². The van der Waals surface area contributed by atoms with Gasteiger partial charge in [-0.2, -0.15) is 17.7 Å². The van der Waals surface area contributed by atoms with Crippen LogP contribution in [0.2, 0.25) is 0 Å². The number of halogens is 3. The van der Waals surface area contributed by atoms with Gasteiger partial charge in [0.15, 0.2) is 17.7 Å². The number of anilines is 2. The molecule has 4 rings (SSSR count). The first-order valence-corrected chi connectivity index (χ1v) is 11.4. The molecule has 0 unspecified atom stereocenters. The summed E-state index contributed by atoms with van der Waals surface area (Å²) in [7, 11) is 0. The van der Waals surface area contributed by atoms with E-state index in [-0.39, 0.29) is 37.3 Å². The number of amides is 3. The zero-order chi connectivity index (χ0) is 24.8. The van der Waals surface area contributed by atoms with E-state index in [1.54, 1.807) is 30.5 Å². The molecule has 0 saturated heterocycles. The highest BCUT2D eigenvalue weighted by Crippen LogP contribution is 2.58. The first-order valence-electron chi connectivity index (χ1n) is 10.5. The number of hydrogen-bond acceptors (Lipinski definition) is 6. The summed E-state index contributed by atoms with van der Waals surface area (Å²) >= 11 is 1.29. The largest absolute Gasteiger partial charge is 0.407 e. The number of nitrogen functional groups attached to an aromatic ring is 1. The Hall–Kier alpha value is -3.28. The van der Waals surface area contributed by atoms with Crippen molar-refractivity contribution in [2.75, 3.05) is 24.1 Å². The molecule has 34 heavy (non-hydrogen) atoms. The minimum absolute atomic E-state index is 0.159. The average molecular weight is 495 g/mol. The SMILES string of the molecule is CC1=[N+](C(=O)C2(C(F)(F)F)CC2)C[C@H](c2cccs2)N(C(=O)C(=O)Nc2cnc(N)c(C)c2)C1. The van der Waals surface area contributed by atoms with Crippen LogP contribution in [0, 0.1) is 12.3 Å². The molecule has 1 saturated carbocycles. The van der Waals surface area contributed by atoms with E-state index in [0.29, 0.717) is 16.3 Å². The van der Waals surface area contributed by atoms with Crippen LogP contribution in [0.1, 0.15) is 36.2 Å². The second kappa shape index (κ2) is 8.49. The fourth-order valence-corrected chi connectivity index (χ4v) is 4.86. The van der Waals surface area contributed by atoms with Gasteiger partial charge in [-0.1, -0.05) is 6.07 Å². The molecule has 3 N–H and O–H groups in total. The normalized spacial score (nSPS) is 19.7. The molecule has 8 nitrogen and oxygen atoms in total. The molecule has 1 atom stereocenters. The zero-order valence-electron chi connectivity index (χ0n) is 18.5. The summed E-state index contributed by atoms with van der Waals surface area (Å²) in [4.78, 5) is 44.7. The molecule has 0 spiro atoms. The summed E-state index contributed by atoms with van der Waals surface area (Å²) in [6.45, 7) is 2.88. The van der Waals surface area contributed by atoms with Crippen molar-refractivity contribution >= 4 is 46.3 Å². The summed E-state index contributed by atoms with van der Waals surface area (Å²) in [5.41, 5.74) is 4.50. The van der Waals surface area contributed by atoms with Crippen molar-refractivity contribution in [3.05, 3.63) is 40.2 Å². The van der Waals surface area contributed by atoms with Crippen LogP contribution in [0.4, 0.5) is 24.7 Å². The van der Waals surface area contributed by atoms with Gasteiger partial charge < -0.3 is 16.0 Å². The third kappa shape index (κ3) is 4.17. The highest BCUT2D eigenvalue weighted by atomic mass is 32.1. The van der Waals surface area contributed by atoms with Gasteiger partial charge in [0.25, 0.3) is 0 Å². The van der Waals surface area contributed by atoms with Gasteiger partial charge in [0.05, 0.1) is 11.9 Å². The fourth-order valence-electron chi connectivity index (χ4n) is 4.03. The van der Waals surface area contributed by atoms with E-state index >= 15 is 0 Å². The highest BCUT2D eigenvalue weighted by Gasteiger charge is 2.73. The Labute approximate surface area is 197 Å². The lowest BCUT2D eigenvalue weighted by Crippen LogP contribution is -2.54. The van der Waals surface area contributed by atoms with Crippen LogP contribution in [0.3, 0.4) is 0 Å². The fraction of sp³-hybridized carbons (Fsp3) is 0.409. The van der Waals surface area contributed by atoms with E-state index in [0.717, 1.165) is 4.58 Å². The maximum Gasteiger partial charge on any atom is 0.407 e. The van der Waals surface area contributed by atoms with Crippen LogP contribution in [-0.2, 0) is 14.4 Å². The summed E-state index contributed by atoms with van der Waals surface area (Å²) in [6.07, 6.45) is -3.81. The number of carbonyl (C=O) groups excluding carboxylic acids is 3. The summed E-state index contributed by atoms with van der Waals surface area (Å²) in [6, 6.07) is 4.27. The number of carbonyl (C=O) groups is 3. The molecule has 3 amide bonds. The van der Waals surface area contributed by atoms with E-state index in [1.165, 1.54) is 29.4 Å². The van der Waals surface area contributed by atoms with Crippen LogP contribution in [0.5, 0.6) is 0 Å². The third-order valence-corrected chi connectivity index (χ3v) is 7.22. The maximum absolute atomic E-state index is 13.6. The number of hydrogen-bond donors (Lipinski definition) is 2. The Morgan fingerprint density at radius 1 is 1.29 bits per heavy atom. The van der Waals surface area contributed by atoms with Gasteiger partial charge in [-0.3, -0.25) is 9.59 Å². The third-order valence-electron chi connectivity index (χ3n) is 6.24. The van der Waals surface area contributed by atoms with Gasteiger partial charge >= 0.3 is 23.9 Å². The Kier molecular flexibility index (Phi) is 5.96. The predicted octanol–water partition coefficient (Wildman–Crippen LogP) is 2.90. The molecular weight excluding hydrogens is 471 g/mol. The Bertz CT molecular complexity index is 1190. The highest BCUT2D eigenvalue weighted by molar-refractivity contribution is 7.10. The van der Waals surface area contributed by atoms with Gasteiger partial charge in [-0.25, -0.2) is 9.78 Å². The number of pyridine rings is 1. The lowest BCUT2D eigenvalue weighted by atomic mass is 10.0. The second-order valence-electron chi connectivity index (χ2n) is 8.58. The number of thiophene rings is 1. The summed E-state index contributed by atoms with van der Waals surface area (Å²) in [5, 5.41) is 4.25. The predicted molar refractivity (Wildman–Crippen MR) is 119 cm³/mol. The number of nitrogens with two attached hydrogens (primary N) is 1. The molecule has 0 aromatic carbocycles. The van der Waals surface area contributed by atoms with Crippen LogP contribution < -0.4 is 11.1 Å². The van der Waals surface area contributed by atoms with Crippen molar-refractivity contribution in [2.45, 2.75) is 38.9 Å². The molecule has 1 aliphatic carbocycles. The van der Waals surface area contributed by atoms with Crippen molar-refractivity contribution < 1.29 is 32.1 Å². The van der Waals surface area contributed by atoms with Crippen LogP contribution in [0.25, 0.3) is 0 Å². The van der Waals surface area contributed by atoms with E-state index in [2.05, 4.69) is 10.3 Å². The van der Waals surface area contributed by atoms with E-state index < -0.39 is 35.4 Å². The standard InChI is InChI=1S/C22H22F3N5O3S/c1-12-8-14(9-27-17(12)26)28-18(31)19(32)30-10-13(2)29(11-15(30)16-4-3-7-34-16)20(33)21(5-6-21)22(23,24)25/h3-4,7-9,15H,5-6,10-11H2,1-2H3,(H2-,26,27,28,31,32)/p+1/t15-/m1/s1. The molecule has 12 heteroatoms.